The van der Waals surface area contributed by atoms with Gasteiger partial charge in [0.1, 0.15) is 0 Å². The van der Waals surface area contributed by atoms with Crippen LogP contribution < -0.4 is 5.32 Å². The Bertz CT molecular complexity index is 413. The van der Waals surface area contributed by atoms with E-state index < -0.39 is 0 Å². The van der Waals surface area contributed by atoms with Gasteiger partial charge < -0.3 is 5.32 Å². The molecule has 1 unspecified atom stereocenters. The molecule has 0 aliphatic heterocycles. The summed E-state index contributed by atoms with van der Waals surface area (Å²) in [5, 5.41) is 8.43. The van der Waals surface area contributed by atoms with E-state index in [1.807, 2.05) is 0 Å². The maximum absolute atomic E-state index is 4.88. The summed E-state index contributed by atoms with van der Waals surface area (Å²) in [5.41, 5.74) is 4.48. The molecule has 0 fully saturated rings. The first kappa shape index (κ1) is 17.2. The summed E-state index contributed by atoms with van der Waals surface area (Å²) in [4.78, 5) is 0. The second-order valence-electron chi connectivity index (χ2n) is 6.83. The van der Waals surface area contributed by atoms with Crippen LogP contribution in [-0.4, -0.2) is 16.3 Å². The predicted octanol–water partition coefficient (Wildman–Crippen LogP) is 4.11. The highest BCUT2D eigenvalue weighted by Gasteiger charge is 2.21. The molecule has 1 aromatic heterocycles. The fraction of sp³-hybridized carbons (Fsp3) is 0.824. The van der Waals surface area contributed by atoms with Gasteiger partial charge in [0.25, 0.3) is 0 Å². The largest absolute Gasteiger partial charge is 0.310 e. The number of nitrogens with one attached hydrogen (secondary N) is 1. The molecule has 0 bridgehead atoms. The third-order valence-electron chi connectivity index (χ3n) is 3.86. The SMILES string of the molecule is CCNC(C)c1c(CC)nn(CCC(C)(C)C)c1CC. The van der Waals surface area contributed by atoms with E-state index in [9.17, 15) is 0 Å². The van der Waals surface area contributed by atoms with Crippen LogP contribution in [0.25, 0.3) is 0 Å². The zero-order chi connectivity index (χ0) is 15.3. The zero-order valence-electron chi connectivity index (χ0n) is 14.5. The lowest BCUT2D eigenvalue weighted by Crippen LogP contribution is -2.20. The van der Waals surface area contributed by atoms with Crippen LogP contribution in [0.2, 0.25) is 0 Å². The van der Waals surface area contributed by atoms with E-state index in [0.717, 1.165) is 25.9 Å². The van der Waals surface area contributed by atoms with Crippen LogP contribution in [0.4, 0.5) is 0 Å². The Balaban J connectivity index is 3.07. The van der Waals surface area contributed by atoms with Gasteiger partial charge in [-0.2, -0.15) is 5.10 Å². The van der Waals surface area contributed by atoms with Crippen LogP contribution in [0, 0.1) is 5.41 Å². The van der Waals surface area contributed by atoms with Gasteiger partial charge in [-0.15, -0.1) is 0 Å². The van der Waals surface area contributed by atoms with Crippen molar-refractivity contribution in [2.75, 3.05) is 6.54 Å². The van der Waals surface area contributed by atoms with Gasteiger partial charge in [-0.3, -0.25) is 4.68 Å². The molecule has 0 aliphatic carbocycles. The van der Waals surface area contributed by atoms with Gasteiger partial charge in [0, 0.05) is 23.8 Å². The van der Waals surface area contributed by atoms with Gasteiger partial charge in [0.2, 0.25) is 0 Å². The predicted molar refractivity (Wildman–Crippen MR) is 87.1 cm³/mol. The van der Waals surface area contributed by atoms with Crippen LogP contribution in [0.15, 0.2) is 0 Å². The second kappa shape index (κ2) is 7.26. The molecule has 116 valence electrons. The minimum Gasteiger partial charge on any atom is -0.310 e. The zero-order valence-corrected chi connectivity index (χ0v) is 14.5. The molecule has 0 aromatic carbocycles. The molecular weight excluding hydrogens is 246 g/mol. The molecule has 20 heavy (non-hydrogen) atoms. The van der Waals surface area contributed by atoms with Gasteiger partial charge in [-0.25, -0.2) is 0 Å². The van der Waals surface area contributed by atoms with Crippen LogP contribution >= 0.6 is 0 Å². The maximum atomic E-state index is 4.88. The van der Waals surface area contributed by atoms with Crippen molar-refractivity contribution < 1.29 is 0 Å². The molecule has 0 saturated heterocycles. The first-order chi connectivity index (χ1) is 9.34. The molecule has 3 heteroatoms. The summed E-state index contributed by atoms with van der Waals surface area (Å²) < 4.78 is 2.26. The fourth-order valence-electron chi connectivity index (χ4n) is 2.73. The van der Waals surface area contributed by atoms with Crippen LogP contribution in [-0.2, 0) is 19.4 Å². The summed E-state index contributed by atoms with van der Waals surface area (Å²) in [7, 11) is 0. The molecule has 1 atom stereocenters. The lowest BCUT2D eigenvalue weighted by Gasteiger charge is -2.19. The molecule has 3 nitrogen and oxygen atoms in total. The Morgan fingerprint density at radius 3 is 2.25 bits per heavy atom. The van der Waals surface area contributed by atoms with Gasteiger partial charge in [-0.05, 0) is 38.1 Å². The highest BCUT2D eigenvalue weighted by atomic mass is 15.3. The summed E-state index contributed by atoms with van der Waals surface area (Å²) in [6.07, 6.45) is 3.24. The normalized spacial score (nSPS) is 13.8. The Morgan fingerprint density at radius 2 is 1.80 bits per heavy atom. The van der Waals surface area contributed by atoms with E-state index in [1.54, 1.807) is 0 Å². The minimum atomic E-state index is 0.358. The van der Waals surface area contributed by atoms with Crippen LogP contribution in [0.3, 0.4) is 0 Å². The number of aromatic nitrogens is 2. The number of aryl methyl sites for hydroxylation is 2. The van der Waals surface area contributed by atoms with Crippen molar-refractivity contribution in [2.45, 2.75) is 80.3 Å². The summed E-state index contributed by atoms with van der Waals surface area (Å²) in [6.45, 7) is 17.8. The lowest BCUT2D eigenvalue weighted by molar-refractivity contribution is 0.337. The average molecular weight is 279 g/mol. The van der Waals surface area contributed by atoms with E-state index in [0.29, 0.717) is 11.5 Å². The van der Waals surface area contributed by atoms with Gasteiger partial charge >= 0.3 is 0 Å². The van der Waals surface area contributed by atoms with Crippen molar-refractivity contribution in [2.24, 2.45) is 5.41 Å². The standard InChI is InChI=1S/C17H33N3/c1-8-14-16(13(4)18-10-3)15(9-2)20(19-14)12-11-17(5,6)7/h13,18H,8-12H2,1-7H3. The third-order valence-corrected chi connectivity index (χ3v) is 3.86. The second-order valence-corrected chi connectivity index (χ2v) is 6.83. The number of nitrogens with zero attached hydrogens (tertiary/aromatic N) is 2. The Kier molecular flexibility index (Phi) is 6.25. The van der Waals surface area contributed by atoms with Gasteiger partial charge in [0.15, 0.2) is 0 Å². The van der Waals surface area contributed by atoms with Crippen molar-refractivity contribution >= 4 is 0 Å². The Morgan fingerprint density at radius 1 is 1.15 bits per heavy atom. The van der Waals surface area contributed by atoms with Gasteiger partial charge in [0.05, 0.1) is 5.69 Å². The van der Waals surface area contributed by atoms with Crippen LogP contribution in [0.5, 0.6) is 0 Å². The quantitative estimate of drug-likeness (QED) is 0.814. The smallest absolute Gasteiger partial charge is 0.0672 e. The van der Waals surface area contributed by atoms with Crippen molar-refractivity contribution in [1.82, 2.24) is 15.1 Å². The highest BCUT2D eigenvalue weighted by Crippen LogP contribution is 2.26. The summed E-state index contributed by atoms with van der Waals surface area (Å²) in [5.74, 6) is 0. The van der Waals surface area contributed by atoms with Crippen molar-refractivity contribution in [3.05, 3.63) is 17.0 Å². The van der Waals surface area contributed by atoms with E-state index in [-0.39, 0.29) is 0 Å². The minimum absolute atomic E-state index is 0.358. The topological polar surface area (TPSA) is 29.9 Å². The molecule has 0 radical (unpaired) electrons. The summed E-state index contributed by atoms with van der Waals surface area (Å²) >= 11 is 0. The number of hydrogen-bond acceptors (Lipinski definition) is 2. The average Bonchev–Trinajstić information content (AvgIpc) is 2.73. The molecule has 0 amide bonds. The Labute approximate surface area is 125 Å². The van der Waals surface area contributed by atoms with E-state index >= 15 is 0 Å². The van der Waals surface area contributed by atoms with Crippen molar-refractivity contribution in [3.63, 3.8) is 0 Å². The summed E-state index contributed by atoms with van der Waals surface area (Å²) in [6, 6.07) is 0.397. The monoisotopic (exact) mass is 279 g/mol. The molecule has 0 saturated carbocycles. The molecule has 1 rings (SSSR count). The molecular formula is C17H33N3. The number of hydrogen-bond donors (Lipinski definition) is 1. The fourth-order valence-corrected chi connectivity index (χ4v) is 2.73. The van der Waals surface area contributed by atoms with Crippen molar-refractivity contribution in [1.29, 1.82) is 0 Å². The van der Waals surface area contributed by atoms with Gasteiger partial charge in [-0.1, -0.05) is 41.5 Å². The molecule has 0 aliphatic rings. The van der Waals surface area contributed by atoms with E-state index in [4.69, 9.17) is 5.10 Å². The highest BCUT2D eigenvalue weighted by molar-refractivity contribution is 5.30. The van der Waals surface area contributed by atoms with Crippen LogP contribution in [0.1, 0.15) is 77.9 Å². The number of rotatable bonds is 7. The molecule has 1 heterocycles. The maximum Gasteiger partial charge on any atom is 0.0672 e. The molecule has 1 N–H and O–H groups in total. The first-order valence-electron chi connectivity index (χ1n) is 8.15. The van der Waals surface area contributed by atoms with E-state index in [2.05, 4.69) is 58.5 Å². The van der Waals surface area contributed by atoms with E-state index in [1.165, 1.54) is 23.4 Å². The Hall–Kier alpha value is -0.830. The lowest BCUT2D eigenvalue weighted by atomic mass is 9.92. The first-order valence-corrected chi connectivity index (χ1v) is 8.15. The molecule has 1 aromatic rings. The molecule has 0 spiro atoms. The van der Waals surface area contributed by atoms with Crippen molar-refractivity contribution in [3.8, 4) is 0 Å². The third kappa shape index (κ3) is 4.34.